The lowest BCUT2D eigenvalue weighted by Gasteiger charge is -2.07. The Morgan fingerprint density at radius 2 is 1.66 bits per heavy atom. The summed E-state index contributed by atoms with van der Waals surface area (Å²) in [5, 5.41) is 17.5. The topological polar surface area (TPSA) is 82.8 Å². The molecular weight excluding hydrogens is 399 g/mol. The molecule has 2 aromatic carbocycles. The molecule has 29 heavy (non-hydrogen) atoms. The van der Waals surface area contributed by atoms with Gasteiger partial charge in [-0.25, -0.2) is 14.0 Å². The van der Waals surface area contributed by atoms with Gasteiger partial charge in [0.05, 0.1) is 5.52 Å². The molecule has 152 valence electrons. The van der Waals surface area contributed by atoms with Gasteiger partial charge in [-0.15, -0.1) is 0 Å². The highest BCUT2D eigenvalue weighted by atomic mass is 35.5. The van der Waals surface area contributed by atoms with Crippen LogP contribution in [0, 0.1) is 5.82 Å². The minimum absolute atomic E-state index is 0.230. The predicted octanol–water partition coefficient (Wildman–Crippen LogP) is 4.20. The maximum absolute atomic E-state index is 13.1. The van der Waals surface area contributed by atoms with E-state index in [1.165, 1.54) is 17.7 Å². The molecule has 0 saturated heterocycles. The molecule has 6 nitrogen and oxygen atoms in total. The Labute approximate surface area is 172 Å². The Morgan fingerprint density at radius 3 is 2.17 bits per heavy atom. The summed E-state index contributed by atoms with van der Waals surface area (Å²) < 4.78 is 15.2. The average molecular weight is 419 g/mol. The average Bonchev–Trinajstić information content (AvgIpc) is 2.98. The number of carboxylic acid groups (broad SMARTS) is 2. The number of fused-ring (bicyclic) bond motifs is 1. The first-order valence-corrected chi connectivity index (χ1v) is 8.89. The third-order valence-electron chi connectivity index (χ3n) is 3.81. The van der Waals surface area contributed by atoms with E-state index < -0.39 is 11.9 Å². The molecule has 0 fully saturated rings. The normalized spacial score (nSPS) is 10.9. The van der Waals surface area contributed by atoms with Crippen LogP contribution in [0.2, 0.25) is 5.02 Å². The Kier molecular flexibility index (Phi) is 7.52. The third-order valence-corrected chi connectivity index (χ3v) is 4.04. The molecule has 0 atom stereocenters. The summed E-state index contributed by atoms with van der Waals surface area (Å²) in [5.74, 6) is -2.74. The molecule has 0 spiro atoms. The number of nitrogens with zero attached hydrogens (tertiary/aromatic N) is 2. The van der Waals surface area contributed by atoms with Crippen molar-refractivity contribution in [3.63, 3.8) is 0 Å². The monoisotopic (exact) mass is 418 g/mol. The van der Waals surface area contributed by atoms with Crippen molar-refractivity contribution in [2.75, 3.05) is 14.1 Å². The van der Waals surface area contributed by atoms with E-state index in [2.05, 4.69) is 15.7 Å². The predicted molar refractivity (Wildman–Crippen MR) is 110 cm³/mol. The first kappa shape index (κ1) is 22.1. The van der Waals surface area contributed by atoms with E-state index in [-0.39, 0.29) is 5.82 Å². The molecule has 3 rings (SSSR count). The van der Waals surface area contributed by atoms with Gasteiger partial charge in [-0.3, -0.25) is 0 Å². The number of hydrogen-bond donors (Lipinski definition) is 2. The summed E-state index contributed by atoms with van der Waals surface area (Å²) in [7, 11) is 4.07. The summed E-state index contributed by atoms with van der Waals surface area (Å²) in [6.07, 6.45) is 3.21. The summed E-state index contributed by atoms with van der Waals surface area (Å²) in [5.41, 5.74) is 3.21. The summed E-state index contributed by atoms with van der Waals surface area (Å²) >= 11 is 6.13. The van der Waals surface area contributed by atoms with Crippen molar-refractivity contribution >= 4 is 34.4 Å². The van der Waals surface area contributed by atoms with Gasteiger partial charge in [-0.2, -0.15) is 0 Å². The standard InChI is InChI=1S/C17H16ClFN2.C4H4O4/c1-20(2)10-12-11-21(15-6-4-14(19)5-7-15)17-8-3-13(18)9-16(12)17;5-3(6)1-2-4(7)8/h3-9,11H,10H2,1-2H3;1-2H,(H,5,6)(H,7,8). The van der Waals surface area contributed by atoms with Gasteiger partial charge in [0.2, 0.25) is 0 Å². The molecule has 0 bridgehead atoms. The second kappa shape index (κ2) is 9.86. The van der Waals surface area contributed by atoms with Crippen LogP contribution in [0.1, 0.15) is 5.56 Å². The highest BCUT2D eigenvalue weighted by Gasteiger charge is 2.11. The fourth-order valence-electron chi connectivity index (χ4n) is 2.70. The van der Waals surface area contributed by atoms with E-state index in [0.717, 1.165) is 28.2 Å². The van der Waals surface area contributed by atoms with Crippen molar-refractivity contribution in [3.05, 3.63) is 77.2 Å². The second-order valence-electron chi connectivity index (χ2n) is 6.41. The van der Waals surface area contributed by atoms with Crippen LogP contribution in [-0.4, -0.2) is 45.7 Å². The zero-order valence-corrected chi connectivity index (χ0v) is 16.6. The third kappa shape index (κ3) is 6.44. The summed E-state index contributed by atoms with van der Waals surface area (Å²) in [6.45, 7) is 0.824. The van der Waals surface area contributed by atoms with Crippen molar-refractivity contribution < 1.29 is 24.2 Å². The lowest BCUT2D eigenvalue weighted by atomic mass is 10.1. The summed E-state index contributed by atoms with van der Waals surface area (Å²) in [4.78, 5) is 21.2. The number of aliphatic carboxylic acids is 2. The molecule has 8 heteroatoms. The number of halogens is 2. The van der Waals surface area contributed by atoms with Crippen LogP contribution in [0.5, 0.6) is 0 Å². The molecule has 3 aromatic rings. The van der Waals surface area contributed by atoms with Gasteiger partial charge in [0, 0.05) is 41.0 Å². The Morgan fingerprint density at radius 1 is 1.07 bits per heavy atom. The maximum Gasteiger partial charge on any atom is 0.328 e. The van der Waals surface area contributed by atoms with Crippen LogP contribution in [0.15, 0.2) is 60.8 Å². The van der Waals surface area contributed by atoms with E-state index in [4.69, 9.17) is 21.8 Å². The van der Waals surface area contributed by atoms with E-state index in [1.54, 1.807) is 12.1 Å². The zero-order chi connectivity index (χ0) is 21.6. The first-order chi connectivity index (χ1) is 13.7. The fourth-order valence-corrected chi connectivity index (χ4v) is 2.87. The first-order valence-electron chi connectivity index (χ1n) is 8.51. The molecule has 1 aromatic heterocycles. The van der Waals surface area contributed by atoms with Gasteiger partial charge in [0.1, 0.15) is 5.82 Å². The van der Waals surface area contributed by atoms with E-state index >= 15 is 0 Å². The van der Waals surface area contributed by atoms with Crippen LogP contribution in [-0.2, 0) is 16.1 Å². The molecule has 0 saturated carbocycles. The van der Waals surface area contributed by atoms with Crippen molar-refractivity contribution in [3.8, 4) is 5.69 Å². The molecular formula is C21H20ClFN2O4. The van der Waals surface area contributed by atoms with Crippen LogP contribution >= 0.6 is 11.6 Å². The van der Waals surface area contributed by atoms with Crippen molar-refractivity contribution in [2.24, 2.45) is 0 Å². The molecule has 0 radical (unpaired) electrons. The number of rotatable bonds is 5. The largest absolute Gasteiger partial charge is 0.478 e. The summed E-state index contributed by atoms with van der Waals surface area (Å²) in [6, 6.07) is 12.4. The maximum atomic E-state index is 13.1. The minimum atomic E-state index is -1.26. The van der Waals surface area contributed by atoms with Crippen LogP contribution in [0.3, 0.4) is 0 Å². The molecule has 0 unspecified atom stereocenters. The van der Waals surface area contributed by atoms with Gasteiger partial charge >= 0.3 is 11.9 Å². The highest BCUT2D eigenvalue weighted by molar-refractivity contribution is 6.31. The Hall–Kier alpha value is -3.16. The minimum Gasteiger partial charge on any atom is -0.478 e. The lowest BCUT2D eigenvalue weighted by molar-refractivity contribution is -0.134. The van der Waals surface area contributed by atoms with E-state index in [9.17, 15) is 14.0 Å². The fraction of sp³-hybridized carbons (Fsp3) is 0.143. The van der Waals surface area contributed by atoms with E-state index in [1.807, 2.05) is 32.3 Å². The highest BCUT2D eigenvalue weighted by Crippen LogP contribution is 2.28. The van der Waals surface area contributed by atoms with Gasteiger partial charge < -0.3 is 19.7 Å². The van der Waals surface area contributed by atoms with Gasteiger partial charge in [0.25, 0.3) is 0 Å². The SMILES string of the molecule is CN(C)Cc1cn(-c2ccc(F)cc2)c2ccc(Cl)cc12.O=C(O)C=CC(=O)O. The van der Waals surface area contributed by atoms with Gasteiger partial charge in [-0.05, 0) is 62.1 Å². The van der Waals surface area contributed by atoms with Gasteiger partial charge in [-0.1, -0.05) is 11.6 Å². The second-order valence-corrected chi connectivity index (χ2v) is 6.85. The molecule has 2 N–H and O–H groups in total. The van der Waals surface area contributed by atoms with Crippen LogP contribution < -0.4 is 0 Å². The number of benzene rings is 2. The molecule has 0 aliphatic rings. The van der Waals surface area contributed by atoms with Crippen LogP contribution in [0.25, 0.3) is 16.6 Å². The zero-order valence-electron chi connectivity index (χ0n) is 15.8. The van der Waals surface area contributed by atoms with Crippen molar-refractivity contribution in [2.45, 2.75) is 6.54 Å². The number of aromatic nitrogens is 1. The molecule has 1 heterocycles. The lowest BCUT2D eigenvalue weighted by Crippen LogP contribution is -2.10. The quantitative estimate of drug-likeness (QED) is 0.607. The smallest absolute Gasteiger partial charge is 0.328 e. The van der Waals surface area contributed by atoms with E-state index in [0.29, 0.717) is 12.2 Å². The number of carboxylic acids is 2. The molecule has 0 aliphatic heterocycles. The van der Waals surface area contributed by atoms with Crippen LogP contribution in [0.4, 0.5) is 4.39 Å². The Balaban J connectivity index is 0.000000321. The number of hydrogen-bond acceptors (Lipinski definition) is 3. The van der Waals surface area contributed by atoms with Crippen molar-refractivity contribution in [1.29, 1.82) is 0 Å². The molecule has 0 aliphatic carbocycles. The van der Waals surface area contributed by atoms with Crippen molar-refractivity contribution in [1.82, 2.24) is 9.47 Å². The number of carbonyl (C=O) groups is 2. The molecule has 0 amide bonds. The van der Waals surface area contributed by atoms with Gasteiger partial charge in [0.15, 0.2) is 0 Å². The Bertz CT molecular complexity index is 1030.